The van der Waals surface area contributed by atoms with E-state index in [2.05, 4.69) is 11.6 Å². The molecule has 0 unspecified atom stereocenters. The fourth-order valence-electron chi connectivity index (χ4n) is 2.04. The van der Waals surface area contributed by atoms with Gasteiger partial charge in [-0.25, -0.2) is 4.79 Å². The van der Waals surface area contributed by atoms with Gasteiger partial charge in [-0.1, -0.05) is 0 Å². The highest BCUT2D eigenvalue weighted by atomic mass is 32.2. The standard InChI is InChI=1S/C12H22N2O3S/c1-18-8-3-2-6-13-12(17)14-7-4-5-10(9-14)11(15)16/h10H,2-9H2,1H3,(H,13,17)(H,15,16)/t10-/m0/s1. The Labute approximate surface area is 112 Å². The average molecular weight is 274 g/mol. The highest BCUT2D eigenvalue weighted by molar-refractivity contribution is 7.98. The minimum atomic E-state index is -0.799. The van der Waals surface area contributed by atoms with Crippen molar-refractivity contribution in [3.63, 3.8) is 0 Å². The van der Waals surface area contributed by atoms with E-state index >= 15 is 0 Å². The Hall–Kier alpha value is -0.910. The van der Waals surface area contributed by atoms with Crippen molar-refractivity contribution >= 4 is 23.8 Å². The monoisotopic (exact) mass is 274 g/mol. The largest absolute Gasteiger partial charge is 0.481 e. The first-order valence-electron chi connectivity index (χ1n) is 6.39. The van der Waals surface area contributed by atoms with Crippen LogP contribution in [0.5, 0.6) is 0 Å². The molecular weight excluding hydrogens is 252 g/mol. The van der Waals surface area contributed by atoms with Gasteiger partial charge in [-0.2, -0.15) is 11.8 Å². The number of nitrogens with zero attached hydrogens (tertiary/aromatic N) is 1. The minimum absolute atomic E-state index is 0.120. The lowest BCUT2D eigenvalue weighted by molar-refractivity contribution is -0.143. The van der Waals surface area contributed by atoms with Gasteiger partial charge in [-0.05, 0) is 37.7 Å². The summed E-state index contributed by atoms with van der Waals surface area (Å²) in [7, 11) is 0. The number of carboxylic acids is 1. The Balaban J connectivity index is 2.22. The third kappa shape index (κ3) is 5.16. The van der Waals surface area contributed by atoms with Gasteiger partial charge in [0.1, 0.15) is 0 Å². The van der Waals surface area contributed by atoms with Crippen LogP contribution in [-0.4, -0.2) is 53.6 Å². The van der Waals surface area contributed by atoms with Crippen molar-refractivity contribution in [3.05, 3.63) is 0 Å². The summed E-state index contributed by atoms with van der Waals surface area (Å²) in [5.41, 5.74) is 0. The van der Waals surface area contributed by atoms with E-state index in [1.165, 1.54) is 0 Å². The van der Waals surface area contributed by atoms with Gasteiger partial charge < -0.3 is 15.3 Å². The van der Waals surface area contributed by atoms with Crippen molar-refractivity contribution in [2.45, 2.75) is 25.7 Å². The third-order valence-corrected chi connectivity index (χ3v) is 3.81. The Bertz CT molecular complexity index is 286. The number of unbranched alkanes of at least 4 members (excludes halogenated alkanes) is 1. The lowest BCUT2D eigenvalue weighted by Crippen LogP contribution is -2.47. The molecule has 0 aromatic rings. The number of thioether (sulfide) groups is 1. The highest BCUT2D eigenvalue weighted by Crippen LogP contribution is 2.16. The van der Waals surface area contributed by atoms with Crippen molar-refractivity contribution in [1.82, 2.24) is 10.2 Å². The second-order valence-electron chi connectivity index (χ2n) is 4.56. The zero-order valence-electron chi connectivity index (χ0n) is 10.9. The lowest BCUT2D eigenvalue weighted by atomic mass is 9.99. The number of piperidine rings is 1. The van der Waals surface area contributed by atoms with Crippen LogP contribution >= 0.6 is 11.8 Å². The number of likely N-dealkylation sites (tertiary alicyclic amines) is 1. The van der Waals surface area contributed by atoms with Crippen molar-refractivity contribution in [2.24, 2.45) is 5.92 Å². The summed E-state index contributed by atoms with van der Waals surface area (Å²) in [5.74, 6) is -0.0887. The van der Waals surface area contributed by atoms with Gasteiger partial charge >= 0.3 is 12.0 Å². The summed E-state index contributed by atoms with van der Waals surface area (Å²) in [6, 6.07) is -0.120. The van der Waals surface area contributed by atoms with Crippen LogP contribution in [0.3, 0.4) is 0 Å². The van der Waals surface area contributed by atoms with E-state index in [0.29, 0.717) is 26.1 Å². The molecule has 1 aliphatic rings. The van der Waals surface area contributed by atoms with Crippen molar-refractivity contribution in [3.8, 4) is 0 Å². The molecule has 6 heteroatoms. The van der Waals surface area contributed by atoms with Gasteiger partial charge in [0.25, 0.3) is 0 Å². The number of hydrogen-bond acceptors (Lipinski definition) is 3. The van der Waals surface area contributed by atoms with E-state index in [9.17, 15) is 9.59 Å². The highest BCUT2D eigenvalue weighted by Gasteiger charge is 2.27. The van der Waals surface area contributed by atoms with Crippen LogP contribution < -0.4 is 5.32 Å². The number of hydrogen-bond donors (Lipinski definition) is 2. The summed E-state index contributed by atoms with van der Waals surface area (Å²) in [5, 5.41) is 11.8. The number of urea groups is 1. The van der Waals surface area contributed by atoms with E-state index < -0.39 is 11.9 Å². The van der Waals surface area contributed by atoms with Crippen LogP contribution in [0.2, 0.25) is 0 Å². The molecule has 0 spiro atoms. The number of rotatable bonds is 6. The number of carbonyl (C=O) groups is 2. The van der Waals surface area contributed by atoms with Gasteiger partial charge in [0.2, 0.25) is 0 Å². The molecule has 1 atom stereocenters. The SMILES string of the molecule is CSCCCCNC(=O)N1CCC[C@H](C(=O)O)C1. The smallest absolute Gasteiger partial charge is 0.317 e. The molecule has 0 aliphatic carbocycles. The molecule has 5 nitrogen and oxygen atoms in total. The van der Waals surface area contributed by atoms with E-state index in [1.807, 2.05) is 0 Å². The molecule has 1 saturated heterocycles. The number of carbonyl (C=O) groups excluding carboxylic acids is 1. The second kappa shape index (κ2) is 8.24. The van der Waals surface area contributed by atoms with Gasteiger partial charge in [0.15, 0.2) is 0 Å². The van der Waals surface area contributed by atoms with Gasteiger partial charge in [-0.3, -0.25) is 4.79 Å². The topological polar surface area (TPSA) is 69.6 Å². The summed E-state index contributed by atoms with van der Waals surface area (Å²) in [6.07, 6.45) is 5.59. The van der Waals surface area contributed by atoms with Crippen molar-refractivity contribution < 1.29 is 14.7 Å². The molecule has 104 valence electrons. The summed E-state index contributed by atoms with van der Waals surface area (Å²) in [6.45, 7) is 1.68. The van der Waals surface area contributed by atoms with Crippen molar-refractivity contribution in [2.75, 3.05) is 31.6 Å². The molecular formula is C12H22N2O3S. The van der Waals surface area contributed by atoms with Gasteiger partial charge in [-0.15, -0.1) is 0 Å². The van der Waals surface area contributed by atoms with E-state index in [1.54, 1.807) is 16.7 Å². The predicted molar refractivity (Wildman–Crippen MR) is 72.9 cm³/mol. The first-order chi connectivity index (χ1) is 8.65. The fraction of sp³-hybridized carbons (Fsp3) is 0.833. The average Bonchev–Trinajstić information content (AvgIpc) is 2.38. The zero-order valence-corrected chi connectivity index (χ0v) is 11.7. The fourth-order valence-corrected chi connectivity index (χ4v) is 2.53. The van der Waals surface area contributed by atoms with E-state index in [0.717, 1.165) is 25.0 Å². The quantitative estimate of drug-likeness (QED) is 0.722. The van der Waals surface area contributed by atoms with Crippen LogP contribution in [0.15, 0.2) is 0 Å². The molecule has 1 heterocycles. The van der Waals surface area contributed by atoms with Crippen LogP contribution in [-0.2, 0) is 4.79 Å². The Morgan fingerprint density at radius 1 is 1.44 bits per heavy atom. The van der Waals surface area contributed by atoms with Crippen LogP contribution in [0, 0.1) is 5.92 Å². The number of amides is 2. The first-order valence-corrected chi connectivity index (χ1v) is 7.79. The van der Waals surface area contributed by atoms with Crippen LogP contribution in [0.1, 0.15) is 25.7 Å². The lowest BCUT2D eigenvalue weighted by Gasteiger charge is -2.30. The van der Waals surface area contributed by atoms with Crippen molar-refractivity contribution in [1.29, 1.82) is 0 Å². The minimum Gasteiger partial charge on any atom is -0.481 e. The number of carboxylic acid groups (broad SMARTS) is 1. The maximum atomic E-state index is 11.8. The molecule has 2 amide bonds. The van der Waals surface area contributed by atoms with Gasteiger partial charge in [0.05, 0.1) is 5.92 Å². The molecule has 0 aromatic heterocycles. The zero-order chi connectivity index (χ0) is 13.4. The second-order valence-corrected chi connectivity index (χ2v) is 5.54. The maximum Gasteiger partial charge on any atom is 0.317 e. The third-order valence-electron chi connectivity index (χ3n) is 3.11. The van der Waals surface area contributed by atoms with E-state index in [4.69, 9.17) is 5.11 Å². The first kappa shape index (κ1) is 15.1. The molecule has 1 aliphatic heterocycles. The molecule has 0 radical (unpaired) electrons. The maximum absolute atomic E-state index is 11.8. The summed E-state index contributed by atoms with van der Waals surface area (Å²) < 4.78 is 0. The number of nitrogens with one attached hydrogen (secondary N) is 1. The Morgan fingerprint density at radius 2 is 2.22 bits per heavy atom. The molecule has 0 bridgehead atoms. The summed E-state index contributed by atoms with van der Waals surface area (Å²) >= 11 is 1.80. The Morgan fingerprint density at radius 3 is 2.89 bits per heavy atom. The normalized spacial score (nSPS) is 19.6. The van der Waals surface area contributed by atoms with Crippen LogP contribution in [0.25, 0.3) is 0 Å². The molecule has 2 N–H and O–H groups in total. The molecule has 1 rings (SSSR count). The molecule has 0 aromatic carbocycles. The Kier molecular flexibility index (Phi) is 6.93. The van der Waals surface area contributed by atoms with Crippen LogP contribution in [0.4, 0.5) is 4.79 Å². The molecule has 1 fully saturated rings. The number of aliphatic carboxylic acids is 1. The predicted octanol–water partition coefficient (Wildman–Crippen LogP) is 1.64. The molecule has 18 heavy (non-hydrogen) atoms. The summed E-state index contributed by atoms with van der Waals surface area (Å²) in [4.78, 5) is 24.3. The van der Waals surface area contributed by atoms with Gasteiger partial charge in [0, 0.05) is 19.6 Å². The van der Waals surface area contributed by atoms with E-state index in [-0.39, 0.29) is 6.03 Å². The molecule has 0 saturated carbocycles.